The predicted octanol–water partition coefficient (Wildman–Crippen LogP) is 2.37. The van der Waals surface area contributed by atoms with Gasteiger partial charge in [0.05, 0.1) is 8.96 Å². The Morgan fingerprint density at radius 1 is 1.46 bits per heavy atom. The zero-order valence-corrected chi connectivity index (χ0v) is 9.55. The van der Waals surface area contributed by atoms with Crippen molar-refractivity contribution in [2.45, 2.75) is 6.92 Å². The largest absolute Gasteiger partial charge is 0.442 e. The highest BCUT2D eigenvalue weighted by Gasteiger charge is 2.14. The van der Waals surface area contributed by atoms with Gasteiger partial charge in [-0.15, -0.1) is 0 Å². The molecule has 4 nitrogen and oxygen atoms in total. The topological polar surface area (TPSA) is 64.9 Å². The van der Waals surface area contributed by atoms with Gasteiger partial charge in [-0.3, -0.25) is 0 Å². The SMILES string of the molecule is Cc1oc2nc(N)nc(Cl)c2c1I. The van der Waals surface area contributed by atoms with E-state index in [1.165, 1.54) is 0 Å². The molecule has 0 fully saturated rings. The number of halogens is 2. The van der Waals surface area contributed by atoms with Crippen LogP contribution in [0.1, 0.15) is 5.76 Å². The summed E-state index contributed by atoms with van der Waals surface area (Å²) in [5.41, 5.74) is 5.86. The number of furan rings is 1. The second-order valence-electron chi connectivity index (χ2n) is 2.52. The second-order valence-corrected chi connectivity index (χ2v) is 3.96. The number of nitrogen functional groups attached to an aromatic ring is 1. The zero-order valence-electron chi connectivity index (χ0n) is 6.64. The van der Waals surface area contributed by atoms with Crippen LogP contribution in [-0.2, 0) is 0 Å². The molecule has 0 aliphatic rings. The summed E-state index contributed by atoms with van der Waals surface area (Å²) in [6.07, 6.45) is 0. The average Bonchev–Trinajstić information content (AvgIpc) is 2.27. The Morgan fingerprint density at radius 2 is 2.15 bits per heavy atom. The molecular weight excluding hydrogens is 304 g/mol. The first-order valence-electron chi connectivity index (χ1n) is 3.47. The van der Waals surface area contributed by atoms with Crippen molar-refractivity contribution in [3.8, 4) is 0 Å². The summed E-state index contributed by atoms with van der Waals surface area (Å²) in [4.78, 5) is 7.77. The highest BCUT2D eigenvalue weighted by atomic mass is 127. The first-order chi connectivity index (χ1) is 6.09. The van der Waals surface area contributed by atoms with Gasteiger partial charge in [-0.05, 0) is 29.5 Å². The Labute approximate surface area is 92.6 Å². The minimum Gasteiger partial charge on any atom is -0.442 e. The van der Waals surface area contributed by atoms with Crippen LogP contribution in [0.15, 0.2) is 4.42 Å². The van der Waals surface area contributed by atoms with Gasteiger partial charge in [-0.25, -0.2) is 4.98 Å². The van der Waals surface area contributed by atoms with Crippen molar-refractivity contribution in [2.24, 2.45) is 0 Å². The lowest BCUT2D eigenvalue weighted by molar-refractivity contribution is 0.565. The van der Waals surface area contributed by atoms with Gasteiger partial charge >= 0.3 is 0 Å². The molecule has 0 atom stereocenters. The Kier molecular flexibility index (Phi) is 2.07. The second kappa shape index (κ2) is 2.98. The third-order valence-electron chi connectivity index (χ3n) is 1.63. The summed E-state index contributed by atoms with van der Waals surface area (Å²) >= 11 is 8.02. The molecule has 0 saturated heterocycles. The standard InChI is InChI=1S/C7H5ClIN3O/c1-2-4(9)3-5(8)11-7(10)12-6(3)13-2/h1H3,(H2,10,11,12). The van der Waals surface area contributed by atoms with Gasteiger partial charge in [-0.1, -0.05) is 11.6 Å². The van der Waals surface area contributed by atoms with E-state index in [1.54, 1.807) is 0 Å². The van der Waals surface area contributed by atoms with E-state index in [1.807, 2.05) is 6.92 Å². The Balaban J connectivity index is 2.94. The Bertz CT molecular complexity index is 482. The van der Waals surface area contributed by atoms with E-state index < -0.39 is 0 Å². The van der Waals surface area contributed by atoms with E-state index in [2.05, 4.69) is 32.6 Å². The first kappa shape index (κ1) is 9.01. The number of aromatic nitrogens is 2. The van der Waals surface area contributed by atoms with Gasteiger partial charge in [0.25, 0.3) is 0 Å². The molecule has 2 N–H and O–H groups in total. The lowest BCUT2D eigenvalue weighted by Gasteiger charge is -1.93. The van der Waals surface area contributed by atoms with Crippen LogP contribution in [0.25, 0.3) is 11.1 Å². The number of aryl methyl sites for hydroxylation is 1. The van der Waals surface area contributed by atoms with Crippen LogP contribution in [-0.4, -0.2) is 9.97 Å². The van der Waals surface area contributed by atoms with Crippen LogP contribution in [0.4, 0.5) is 5.95 Å². The fourth-order valence-electron chi connectivity index (χ4n) is 1.05. The number of nitrogens with zero attached hydrogens (tertiary/aromatic N) is 2. The van der Waals surface area contributed by atoms with Gasteiger partial charge in [-0.2, -0.15) is 4.98 Å². The third-order valence-corrected chi connectivity index (χ3v) is 3.20. The molecule has 2 aromatic heterocycles. The van der Waals surface area contributed by atoms with Crippen LogP contribution in [0.3, 0.4) is 0 Å². The fraction of sp³-hybridized carbons (Fsp3) is 0.143. The van der Waals surface area contributed by atoms with E-state index in [4.69, 9.17) is 21.8 Å². The minimum atomic E-state index is 0.127. The molecule has 0 spiro atoms. The van der Waals surface area contributed by atoms with E-state index in [-0.39, 0.29) is 5.95 Å². The lowest BCUT2D eigenvalue weighted by atomic mass is 10.4. The average molecular weight is 309 g/mol. The molecule has 2 rings (SSSR count). The maximum atomic E-state index is 5.89. The number of fused-ring (bicyclic) bond motifs is 1. The maximum absolute atomic E-state index is 5.89. The third kappa shape index (κ3) is 1.35. The summed E-state index contributed by atoms with van der Waals surface area (Å²) < 4.78 is 6.27. The van der Waals surface area contributed by atoms with Crippen LogP contribution in [0.2, 0.25) is 5.15 Å². The molecule has 6 heteroatoms. The molecule has 0 unspecified atom stereocenters. The lowest BCUT2D eigenvalue weighted by Crippen LogP contribution is -1.94. The van der Waals surface area contributed by atoms with Gasteiger partial charge in [0.15, 0.2) is 0 Å². The van der Waals surface area contributed by atoms with Gasteiger partial charge in [0.2, 0.25) is 11.7 Å². The summed E-state index contributed by atoms with van der Waals surface area (Å²) in [6.45, 7) is 1.84. The molecule has 0 bridgehead atoms. The van der Waals surface area contributed by atoms with Crippen molar-refractivity contribution < 1.29 is 4.42 Å². The van der Waals surface area contributed by atoms with E-state index in [0.29, 0.717) is 10.9 Å². The molecule has 2 aromatic rings. The van der Waals surface area contributed by atoms with Gasteiger partial charge in [0, 0.05) is 0 Å². The molecule has 0 aliphatic heterocycles. The quantitative estimate of drug-likeness (QED) is 0.599. The predicted molar refractivity (Wildman–Crippen MR) is 58.7 cm³/mol. The number of hydrogen-bond acceptors (Lipinski definition) is 4. The smallest absolute Gasteiger partial charge is 0.233 e. The number of rotatable bonds is 0. The normalized spacial score (nSPS) is 11.0. The minimum absolute atomic E-state index is 0.127. The first-order valence-corrected chi connectivity index (χ1v) is 4.93. The summed E-state index contributed by atoms with van der Waals surface area (Å²) in [5, 5.41) is 1.07. The molecule has 2 heterocycles. The molecule has 13 heavy (non-hydrogen) atoms. The van der Waals surface area contributed by atoms with Crippen LogP contribution in [0, 0.1) is 10.5 Å². The molecule has 68 valence electrons. The van der Waals surface area contributed by atoms with Crippen LogP contribution >= 0.6 is 34.2 Å². The monoisotopic (exact) mass is 309 g/mol. The van der Waals surface area contributed by atoms with Crippen LogP contribution in [0.5, 0.6) is 0 Å². The van der Waals surface area contributed by atoms with Crippen molar-refractivity contribution in [1.29, 1.82) is 0 Å². The molecule has 0 radical (unpaired) electrons. The van der Waals surface area contributed by atoms with E-state index in [0.717, 1.165) is 14.7 Å². The Morgan fingerprint density at radius 3 is 2.85 bits per heavy atom. The number of anilines is 1. The van der Waals surface area contributed by atoms with Crippen molar-refractivity contribution in [1.82, 2.24) is 9.97 Å². The number of hydrogen-bond donors (Lipinski definition) is 1. The van der Waals surface area contributed by atoms with Gasteiger partial charge in [0.1, 0.15) is 10.9 Å². The molecule has 0 amide bonds. The molecular formula is C7H5ClIN3O. The highest BCUT2D eigenvalue weighted by molar-refractivity contribution is 14.1. The highest BCUT2D eigenvalue weighted by Crippen LogP contribution is 2.30. The zero-order chi connectivity index (χ0) is 9.59. The van der Waals surface area contributed by atoms with Crippen molar-refractivity contribution in [3.63, 3.8) is 0 Å². The van der Waals surface area contributed by atoms with E-state index >= 15 is 0 Å². The Hall–Kier alpha value is -0.560. The molecule has 0 saturated carbocycles. The fourth-order valence-corrected chi connectivity index (χ4v) is 2.07. The summed E-state index contributed by atoms with van der Waals surface area (Å²) in [6, 6.07) is 0. The molecule has 0 aromatic carbocycles. The van der Waals surface area contributed by atoms with Crippen molar-refractivity contribution >= 4 is 51.2 Å². The number of nitrogens with two attached hydrogens (primary N) is 1. The van der Waals surface area contributed by atoms with Crippen molar-refractivity contribution in [3.05, 3.63) is 14.5 Å². The van der Waals surface area contributed by atoms with Crippen molar-refractivity contribution in [2.75, 3.05) is 5.73 Å². The van der Waals surface area contributed by atoms with Crippen LogP contribution < -0.4 is 5.73 Å². The summed E-state index contributed by atoms with van der Waals surface area (Å²) in [5.74, 6) is 0.903. The maximum Gasteiger partial charge on any atom is 0.233 e. The van der Waals surface area contributed by atoms with E-state index in [9.17, 15) is 0 Å². The molecule has 0 aliphatic carbocycles. The summed E-state index contributed by atoms with van der Waals surface area (Å²) in [7, 11) is 0. The van der Waals surface area contributed by atoms with Gasteiger partial charge < -0.3 is 10.2 Å².